The number of nitrogens with zero attached hydrogens (tertiary/aromatic N) is 2. The summed E-state index contributed by atoms with van der Waals surface area (Å²) in [4.78, 5) is 11.2. The average Bonchev–Trinajstić information content (AvgIpc) is 3.00. The van der Waals surface area contributed by atoms with E-state index < -0.39 is 65.7 Å². The summed E-state index contributed by atoms with van der Waals surface area (Å²) in [5.74, 6) is -3.69. The van der Waals surface area contributed by atoms with Gasteiger partial charge < -0.3 is 10.5 Å². The Morgan fingerprint density at radius 2 is 1.79 bits per heavy atom. The van der Waals surface area contributed by atoms with Crippen LogP contribution in [0.25, 0.3) is 0 Å². The molecule has 0 fully saturated rings. The first-order chi connectivity index (χ1) is 13.2. The fourth-order valence-electron chi connectivity index (χ4n) is 2.19. The first kappa shape index (κ1) is 22.4. The molecule has 2 rings (SSSR count). The number of rotatable bonds is 7. The molecule has 1 aromatic carbocycles. The Morgan fingerprint density at radius 3 is 2.28 bits per heavy atom. The molecule has 0 saturated heterocycles. The Hall–Kier alpha value is -2.93. The van der Waals surface area contributed by atoms with Gasteiger partial charge in [0.15, 0.2) is 0 Å². The Balaban J connectivity index is 2.39. The number of primary amides is 1. The van der Waals surface area contributed by atoms with Crippen LogP contribution in [0.1, 0.15) is 28.0 Å². The van der Waals surface area contributed by atoms with Gasteiger partial charge in [-0.05, 0) is 6.07 Å². The van der Waals surface area contributed by atoms with Crippen molar-refractivity contribution < 1.29 is 49.0 Å². The van der Waals surface area contributed by atoms with Crippen LogP contribution in [0.4, 0.5) is 39.5 Å². The van der Waals surface area contributed by atoms with Gasteiger partial charge in [-0.2, -0.15) is 27.1 Å². The molecule has 14 heteroatoms. The smallest absolute Gasteiger partial charge is 0.430 e. The molecule has 0 bridgehead atoms. The standard InChI is InChI=1S/C15H10F9N3O2/c16-7-2-1-6(4-27-5-8(12(25)28)10(26-27)11(17)18)9(3-7)29-15(23,24)13(19)14(20,21)22/h1-3,5,11,13H,4H2,(H2,25,28). The van der Waals surface area contributed by atoms with E-state index in [9.17, 15) is 44.3 Å². The van der Waals surface area contributed by atoms with Crippen molar-refractivity contribution in [3.63, 3.8) is 0 Å². The Bertz CT molecular complexity index is 896. The lowest BCUT2D eigenvalue weighted by Crippen LogP contribution is -2.45. The zero-order chi connectivity index (χ0) is 22.1. The van der Waals surface area contributed by atoms with Crippen molar-refractivity contribution in [2.75, 3.05) is 0 Å². The van der Waals surface area contributed by atoms with E-state index in [1.165, 1.54) is 0 Å². The van der Waals surface area contributed by atoms with Gasteiger partial charge >= 0.3 is 12.3 Å². The number of halogens is 9. The molecule has 29 heavy (non-hydrogen) atoms. The highest BCUT2D eigenvalue weighted by Gasteiger charge is 2.59. The first-order valence-corrected chi connectivity index (χ1v) is 7.43. The second-order valence-corrected chi connectivity index (χ2v) is 5.61. The number of aromatic nitrogens is 2. The lowest BCUT2D eigenvalue weighted by Gasteiger charge is -2.24. The quantitative estimate of drug-likeness (QED) is 0.669. The molecule has 2 aromatic rings. The van der Waals surface area contributed by atoms with Crippen LogP contribution in [0.3, 0.4) is 0 Å². The second kappa shape index (κ2) is 7.83. The SMILES string of the molecule is NC(=O)c1cn(Cc2ccc(F)cc2OC(F)(F)C(F)C(F)(F)F)nc1C(F)F. The van der Waals surface area contributed by atoms with Crippen molar-refractivity contribution in [2.24, 2.45) is 5.73 Å². The third-order valence-corrected chi connectivity index (χ3v) is 3.45. The van der Waals surface area contributed by atoms with E-state index in [-0.39, 0.29) is 6.07 Å². The lowest BCUT2D eigenvalue weighted by atomic mass is 10.2. The van der Waals surface area contributed by atoms with Crippen LogP contribution in [0.15, 0.2) is 24.4 Å². The molecule has 0 aliphatic carbocycles. The molecule has 1 heterocycles. The van der Waals surface area contributed by atoms with E-state index in [4.69, 9.17) is 5.73 Å². The molecule has 0 saturated carbocycles. The molecule has 1 unspecified atom stereocenters. The van der Waals surface area contributed by atoms with Crippen molar-refractivity contribution in [2.45, 2.75) is 31.4 Å². The van der Waals surface area contributed by atoms with Crippen molar-refractivity contribution in [3.8, 4) is 5.75 Å². The average molecular weight is 435 g/mol. The number of nitrogens with two attached hydrogens (primary N) is 1. The fourth-order valence-corrected chi connectivity index (χ4v) is 2.19. The van der Waals surface area contributed by atoms with Gasteiger partial charge in [0.1, 0.15) is 17.3 Å². The highest BCUT2D eigenvalue weighted by atomic mass is 19.4. The van der Waals surface area contributed by atoms with E-state index in [1.807, 2.05) is 0 Å². The number of amides is 1. The third kappa shape index (κ3) is 5.12. The summed E-state index contributed by atoms with van der Waals surface area (Å²) >= 11 is 0. The topological polar surface area (TPSA) is 70.1 Å². The van der Waals surface area contributed by atoms with Gasteiger partial charge in [-0.1, -0.05) is 6.07 Å². The fraction of sp³-hybridized carbons (Fsp3) is 0.333. The van der Waals surface area contributed by atoms with E-state index in [2.05, 4.69) is 9.84 Å². The van der Waals surface area contributed by atoms with Crippen LogP contribution < -0.4 is 10.5 Å². The third-order valence-electron chi connectivity index (χ3n) is 3.45. The van der Waals surface area contributed by atoms with Gasteiger partial charge in [-0.3, -0.25) is 9.48 Å². The molecule has 0 aliphatic heterocycles. The molecule has 1 aromatic heterocycles. The normalized spacial score (nSPS) is 13.6. The highest BCUT2D eigenvalue weighted by molar-refractivity contribution is 5.93. The van der Waals surface area contributed by atoms with E-state index in [0.717, 1.165) is 12.3 Å². The minimum absolute atomic E-state index is 0.249. The lowest BCUT2D eigenvalue weighted by molar-refractivity contribution is -0.305. The van der Waals surface area contributed by atoms with E-state index >= 15 is 0 Å². The highest BCUT2D eigenvalue weighted by Crippen LogP contribution is 2.37. The van der Waals surface area contributed by atoms with Crippen LogP contribution in [0, 0.1) is 5.82 Å². The second-order valence-electron chi connectivity index (χ2n) is 5.61. The minimum atomic E-state index is -5.97. The molecule has 160 valence electrons. The Labute approximate surface area is 155 Å². The summed E-state index contributed by atoms with van der Waals surface area (Å²) in [6.45, 7) is -0.721. The van der Waals surface area contributed by atoms with Crippen LogP contribution in [-0.2, 0) is 6.54 Å². The molecule has 0 radical (unpaired) electrons. The van der Waals surface area contributed by atoms with Crippen LogP contribution in [0.5, 0.6) is 5.75 Å². The summed E-state index contributed by atoms with van der Waals surface area (Å²) in [5, 5.41) is 3.34. The largest absolute Gasteiger partial charge is 0.439 e. The zero-order valence-corrected chi connectivity index (χ0v) is 13.9. The molecule has 1 atom stereocenters. The number of carbonyl (C=O) groups excluding carboxylic acids is 1. The minimum Gasteiger partial charge on any atom is -0.430 e. The number of ether oxygens (including phenoxy) is 1. The molecule has 0 aliphatic rings. The number of carbonyl (C=O) groups is 1. The summed E-state index contributed by atoms with van der Waals surface area (Å²) in [7, 11) is 0. The van der Waals surface area contributed by atoms with Crippen LogP contribution in [0.2, 0.25) is 0 Å². The van der Waals surface area contributed by atoms with Gasteiger partial charge in [0.05, 0.1) is 12.1 Å². The molecular weight excluding hydrogens is 425 g/mol. The van der Waals surface area contributed by atoms with Crippen LogP contribution >= 0.6 is 0 Å². The molecular formula is C15H10F9N3O2. The van der Waals surface area contributed by atoms with Gasteiger partial charge in [-0.25, -0.2) is 17.6 Å². The Morgan fingerprint density at radius 1 is 1.17 bits per heavy atom. The monoisotopic (exact) mass is 435 g/mol. The van der Waals surface area contributed by atoms with Crippen molar-refractivity contribution in [1.82, 2.24) is 9.78 Å². The number of alkyl halides is 8. The maximum atomic E-state index is 13.5. The predicted molar refractivity (Wildman–Crippen MR) is 77.7 cm³/mol. The summed E-state index contributed by atoms with van der Waals surface area (Å²) in [6, 6.07) is 1.72. The molecule has 1 amide bonds. The van der Waals surface area contributed by atoms with E-state index in [0.29, 0.717) is 10.7 Å². The van der Waals surface area contributed by atoms with Gasteiger partial charge in [0, 0.05) is 17.8 Å². The van der Waals surface area contributed by atoms with E-state index in [1.54, 1.807) is 0 Å². The van der Waals surface area contributed by atoms with Gasteiger partial charge in [0.25, 0.3) is 18.5 Å². The van der Waals surface area contributed by atoms with Gasteiger partial charge in [-0.15, -0.1) is 0 Å². The van der Waals surface area contributed by atoms with Crippen molar-refractivity contribution in [1.29, 1.82) is 0 Å². The van der Waals surface area contributed by atoms with Crippen molar-refractivity contribution in [3.05, 3.63) is 47.0 Å². The maximum absolute atomic E-state index is 13.5. The van der Waals surface area contributed by atoms with Crippen LogP contribution in [-0.4, -0.2) is 34.1 Å². The summed E-state index contributed by atoms with van der Waals surface area (Å²) in [6.07, 6.45) is -18.6. The summed E-state index contributed by atoms with van der Waals surface area (Å²) in [5.41, 5.74) is 2.71. The van der Waals surface area contributed by atoms with Crippen molar-refractivity contribution >= 4 is 5.91 Å². The number of hydrogen-bond donors (Lipinski definition) is 1. The molecule has 5 nitrogen and oxygen atoms in total. The molecule has 2 N–H and O–H groups in total. The summed E-state index contributed by atoms with van der Waals surface area (Å²) < 4.78 is 120. The van der Waals surface area contributed by atoms with Gasteiger partial charge in [0.2, 0.25) is 0 Å². The maximum Gasteiger partial charge on any atom is 0.439 e. The number of hydrogen-bond acceptors (Lipinski definition) is 3. The Kier molecular flexibility index (Phi) is 6.04. The zero-order valence-electron chi connectivity index (χ0n) is 13.9. The molecule has 0 spiro atoms. The first-order valence-electron chi connectivity index (χ1n) is 7.43. The number of benzene rings is 1. The predicted octanol–water partition coefficient (Wildman–Crippen LogP) is 3.98.